The summed E-state index contributed by atoms with van der Waals surface area (Å²) in [6.07, 6.45) is 2.18. The van der Waals surface area contributed by atoms with E-state index < -0.39 is 12.0 Å². The highest BCUT2D eigenvalue weighted by molar-refractivity contribution is 5.83. The third-order valence-corrected chi connectivity index (χ3v) is 3.84. The number of rotatable bonds is 6. The van der Waals surface area contributed by atoms with Crippen LogP contribution in [0.3, 0.4) is 0 Å². The molecule has 0 saturated heterocycles. The molecule has 0 saturated carbocycles. The van der Waals surface area contributed by atoms with Crippen molar-refractivity contribution >= 4 is 11.9 Å². The van der Waals surface area contributed by atoms with Gasteiger partial charge in [-0.3, -0.25) is 14.5 Å². The molecule has 1 aromatic rings. The maximum Gasteiger partial charge on any atom is 0.325 e. The van der Waals surface area contributed by atoms with Gasteiger partial charge in [0.05, 0.1) is 0 Å². The quantitative estimate of drug-likeness (QED) is 0.831. The Morgan fingerprint density at radius 2 is 2.05 bits per heavy atom. The molecule has 1 aromatic carbocycles. The maximum absolute atomic E-state index is 11.6. The van der Waals surface area contributed by atoms with E-state index >= 15 is 0 Å². The minimum atomic E-state index is -1.00. The number of benzene rings is 1. The molecule has 5 nitrogen and oxygen atoms in total. The highest BCUT2D eigenvalue weighted by Gasteiger charge is 2.16. The second-order valence-electron chi connectivity index (χ2n) is 5.53. The lowest BCUT2D eigenvalue weighted by Gasteiger charge is -2.28. The average molecular weight is 290 g/mol. The van der Waals surface area contributed by atoms with Crippen molar-refractivity contribution < 1.29 is 14.7 Å². The molecular formula is C16H22N2O3. The predicted molar refractivity (Wildman–Crippen MR) is 79.9 cm³/mol. The van der Waals surface area contributed by atoms with Crippen molar-refractivity contribution in [1.29, 1.82) is 0 Å². The number of carboxylic acid groups (broad SMARTS) is 1. The van der Waals surface area contributed by atoms with E-state index in [2.05, 4.69) is 34.5 Å². The molecule has 1 aliphatic rings. The maximum atomic E-state index is 11.6. The number of fused-ring (bicyclic) bond motifs is 1. The molecule has 1 unspecified atom stereocenters. The van der Waals surface area contributed by atoms with Gasteiger partial charge >= 0.3 is 5.97 Å². The van der Waals surface area contributed by atoms with Crippen LogP contribution in [0.15, 0.2) is 24.3 Å². The van der Waals surface area contributed by atoms with Gasteiger partial charge in [-0.05, 0) is 37.4 Å². The fourth-order valence-electron chi connectivity index (χ4n) is 2.58. The lowest BCUT2D eigenvalue weighted by molar-refractivity contribution is -0.141. The molecule has 2 rings (SSSR count). The smallest absolute Gasteiger partial charge is 0.325 e. The lowest BCUT2D eigenvalue weighted by atomic mass is 10.00. The zero-order valence-corrected chi connectivity index (χ0v) is 12.3. The Morgan fingerprint density at radius 3 is 2.76 bits per heavy atom. The summed E-state index contributed by atoms with van der Waals surface area (Å²) < 4.78 is 0. The van der Waals surface area contributed by atoms with Crippen LogP contribution in [-0.4, -0.2) is 41.0 Å². The van der Waals surface area contributed by atoms with Crippen LogP contribution >= 0.6 is 0 Å². The van der Waals surface area contributed by atoms with Gasteiger partial charge in [0.2, 0.25) is 5.91 Å². The van der Waals surface area contributed by atoms with Crippen molar-refractivity contribution in [3.05, 3.63) is 35.4 Å². The molecule has 1 heterocycles. The number of amides is 1. The Morgan fingerprint density at radius 1 is 1.33 bits per heavy atom. The van der Waals surface area contributed by atoms with E-state index in [1.165, 1.54) is 18.1 Å². The van der Waals surface area contributed by atoms with E-state index in [1.807, 2.05) is 0 Å². The van der Waals surface area contributed by atoms with Crippen molar-refractivity contribution in [2.45, 2.75) is 38.8 Å². The number of carbonyl (C=O) groups is 2. The van der Waals surface area contributed by atoms with E-state index in [4.69, 9.17) is 5.11 Å². The molecule has 1 aliphatic heterocycles. The first-order valence-corrected chi connectivity index (χ1v) is 7.37. The van der Waals surface area contributed by atoms with Crippen LogP contribution in [0.25, 0.3) is 0 Å². The SMILES string of the molecule is CC(NC(=O)CCCN1CCc2ccccc2C1)C(=O)O. The summed E-state index contributed by atoms with van der Waals surface area (Å²) >= 11 is 0. The summed E-state index contributed by atoms with van der Waals surface area (Å²) in [7, 11) is 0. The Labute approximate surface area is 125 Å². The zero-order chi connectivity index (χ0) is 15.2. The Balaban J connectivity index is 1.70. The number of nitrogens with one attached hydrogen (secondary N) is 1. The molecule has 0 fully saturated rings. The van der Waals surface area contributed by atoms with E-state index in [0.717, 1.165) is 32.5 Å². The third-order valence-electron chi connectivity index (χ3n) is 3.84. The molecular weight excluding hydrogens is 268 g/mol. The highest BCUT2D eigenvalue weighted by Crippen LogP contribution is 2.18. The lowest BCUT2D eigenvalue weighted by Crippen LogP contribution is -2.38. The molecule has 2 N–H and O–H groups in total. The summed E-state index contributed by atoms with van der Waals surface area (Å²) in [5, 5.41) is 11.2. The van der Waals surface area contributed by atoms with Gasteiger partial charge in [-0.25, -0.2) is 0 Å². The summed E-state index contributed by atoms with van der Waals surface area (Å²) in [4.78, 5) is 24.6. The van der Waals surface area contributed by atoms with Gasteiger partial charge in [0.25, 0.3) is 0 Å². The fraction of sp³-hybridized carbons (Fsp3) is 0.500. The normalized spacial score (nSPS) is 16.0. The molecule has 21 heavy (non-hydrogen) atoms. The van der Waals surface area contributed by atoms with Crippen LogP contribution in [0.1, 0.15) is 30.9 Å². The van der Waals surface area contributed by atoms with Crippen LogP contribution in [-0.2, 0) is 22.6 Å². The number of aliphatic carboxylic acids is 1. The predicted octanol–water partition coefficient (Wildman–Crippen LogP) is 1.41. The first kappa shape index (κ1) is 15.5. The van der Waals surface area contributed by atoms with Crippen LogP contribution in [0.2, 0.25) is 0 Å². The van der Waals surface area contributed by atoms with Gasteiger partial charge in [0.15, 0.2) is 0 Å². The molecule has 5 heteroatoms. The minimum Gasteiger partial charge on any atom is -0.480 e. The highest BCUT2D eigenvalue weighted by atomic mass is 16.4. The number of carbonyl (C=O) groups excluding carboxylic acids is 1. The van der Waals surface area contributed by atoms with Crippen molar-refractivity contribution in [3.8, 4) is 0 Å². The summed E-state index contributed by atoms with van der Waals surface area (Å²) in [6, 6.07) is 7.64. The van der Waals surface area contributed by atoms with Gasteiger partial charge in [-0.15, -0.1) is 0 Å². The number of nitrogens with zero attached hydrogens (tertiary/aromatic N) is 1. The topological polar surface area (TPSA) is 69.6 Å². The molecule has 0 spiro atoms. The molecule has 0 aliphatic carbocycles. The van der Waals surface area contributed by atoms with E-state index in [-0.39, 0.29) is 5.91 Å². The Kier molecular flexibility index (Phi) is 5.33. The van der Waals surface area contributed by atoms with Gasteiger partial charge in [0.1, 0.15) is 6.04 Å². The molecule has 1 atom stereocenters. The fourth-order valence-corrected chi connectivity index (χ4v) is 2.58. The second kappa shape index (κ2) is 7.22. The zero-order valence-electron chi connectivity index (χ0n) is 12.3. The second-order valence-corrected chi connectivity index (χ2v) is 5.53. The van der Waals surface area contributed by atoms with Gasteiger partial charge < -0.3 is 10.4 Å². The number of hydrogen-bond donors (Lipinski definition) is 2. The molecule has 114 valence electrons. The number of carboxylic acids is 1. The molecule has 1 amide bonds. The molecule has 0 bridgehead atoms. The van der Waals surface area contributed by atoms with Crippen molar-refractivity contribution in [1.82, 2.24) is 10.2 Å². The standard InChI is InChI=1S/C16H22N2O3/c1-12(16(20)21)17-15(19)7-4-9-18-10-8-13-5-2-3-6-14(13)11-18/h2-3,5-6,12H,4,7-11H2,1H3,(H,17,19)(H,20,21). The van der Waals surface area contributed by atoms with Crippen molar-refractivity contribution in [2.24, 2.45) is 0 Å². The van der Waals surface area contributed by atoms with E-state index in [9.17, 15) is 9.59 Å². The van der Waals surface area contributed by atoms with Gasteiger partial charge in [-0.1, -0.05) is 24.3 Å². The number of hydrogen-bond acceptors (Lipinski definition) is 3. The van der Waals surface area contributed by atoms with E-state index in [1.54, 1.807) is 0 Å². The first-order chi connectivity index (χ1) is 10.1. The van der Waals surface area contributed by atoms with E-state index in [0.29, 0.717) is 6.42 Å². The van der Waals surface area contributed by atoms with Crippen LogP contribution in [0.5, 0.6) is 0 Å². The minimum absolute atomic E-state index is 0.192. The Bertz CT molecular complexity index is 516. The summed E-state index contributed by atoms with van der Waals surface area (Å²) in [5.74, 6) is -1.20. The summed E-state index contributed by atoms with van der Waals surface area (Å²) in [5.41, 5.74) is 2.79. The molecule has 0 aromatic heterocycles. The average Bonchev–Trinajstić information content (AvgIpc) is 2.47. The Hall–Kier alpha value is -1.88. The van der Waals surface area contributed by atoms with Crippen LogP contribution in [0, 0.1) is 0 Å². The van der Waals surface area contributed by atoms with Crippen molar-refractivity contribution in [2.75, 3.05) is 13.1 Å². The first-order valence-electron chi connectivity index (χ1n) is 7.37. The summed E-state index contributed by atoms with van der Waals surface area (Å²) in [6.45, 7) is 4.29. The van der Waals surface area contributed by atoms with Crippen LogP contribution in [0.4, 0.5) is 0 Å². The van der Waals surface area contributed by atoms with Crippen molar-refractivity contribution in [3.63, 3.8) is 0 Å². The van der Waals surface area contributed by atoms with Gasteiger partial charge in [-0.2, -0.15) is 0 Å². The largest absolute Gasteiger partial charge is 0.480 e. The molecule has 0 radical (unpaired) electrons. The van der Waals surface area contributed by atoms with Crippen LogP contribution < -0.4 is 5.32 Å². The monoisotopic (exact) mass is 290 g/mol. The van der Waals surface area contributed by atoms with Gasteiger partial charge in [0, 0.05) is 19.5 Å². The third kappa shape index (κ3) is 4.56.